The summed E-state index contributed by atoms with van der Waals surface area (Å²) in [5, 5.41) is 3.27. The molecule has 1 aromatic rings. The van der Waals surface area contributed by atoms with Crippen LogP contribution in [0.25, 0.3) is 0 Å². The highest BCUT2D eigenvalue weighted by atomic mass is 32.2. The Kier molecular flexibility index (Phi) is 5.51. The summed E-state index contributed by atoms with van der Waals surface area (Å²) in [5.74, 6) is 0.485. The van der Waals surface area contributed by atoms with E-state index in [4.69, 9.17) is 0 Å². The van der Waals surface area contributed by atoms with Gasteiger partial charge in [0.25, 0.3) is 0 Å². The molecule has 1 aliphatic heterocycles. The highest BCUT2D eigenvalue weighted by Gasteiger charge is 2.26. The molecule has 0 radical (unpaired) electrons. The number of aromatic nitrogens is 1. The highest BCUT2D eigenvalue weighted by Crippen LogP contribution is 2.16. The first-order valence-electron chi connectivity index (χ1n) is 7.19. The highest BCUT2D eigenvalue weighted by molar-refractivity contribution is 7.89. The summed E-state index contributed by atoms with van der Waals surface area (Å²) in [7, 11) is -3.20. The minimum atomic E-state index is -3.20. The Balaban J connectivity index is 2.01. The molecule has 20 heavy (non-hydrogen) atoms. The van der Waals surface area contributed by atoms with E-state index >= 15 is 0 Å². The van der Waals surface area contributed by atoms with Gasteiger partial charge in [-0.25, -0.2) is 8.42 Å². The summed E-state index contributed by atoms with van der Waals surface area (Å²) in [6.45, 7) is 4.64. The molecule has 5 nitrogen and oxygen atoms in total. The van der Waals surface area contributed by atoms with E-state index in [-0.39, 0.29) is 11.7 Å². The molecule has 1 aromatic heterocycles. The van der Waals surface area contributed by atoms with E-state index in [0.29, 0.717) is 13.1 Å². The van der Waals surface area contributed by atoms with Crippen molar-refractivity contribution in [3.8, 4) is 0 Å². The van der Waals surface area contributed by atoms with E-state index in [1.54, 1.807) is 16.7 Å². The minimum Gasteiger partial charge on any atom is -0.316 e. The number of hydrogen-bond donors (Lipinski definition) is 1. The van der Waals surface area contributed by atoms with Gasteiger partial charge in [-0.15, -0.1) is 0 Å². The zero-order valence-corrected chi connectivity index (χ0v) is 12.8. The molecule has 6 heteroatoms. The topological polar surface area (TPSA) is 62.3 Å². The Morgan fingerprint density at radius 2 is 2.15 bits per heavy atom. The fourth-order valence-electron chi connectivity index (χ4n) is 2.57. The van der Waals surface area contributed by atoms with E-state index < -0.39 is 10.0 Å². The maximum Gasteiger partial charge on any atom is 0.214 e. The van der Waals surface area contributed by atoms with Crippen LogP contribution in [0.15, 0.2) is 24.5 Å². The lowest BCUT2D eigenvalue weighted by Gasteiger charge is -2.26. The number of sulfonamides is 1. The molecular weight excluding hydrogens is 274 g/mol. The summed E-state index contributed by atoms with van der Waals surface area (Å²) in [6, 6.07) is 3.72. The van der Waals surface area contributed by atoms with Crippen molar-refractivity contribution in [2.24, 2.45) is 5.92 Å². The average Bonchev–Trinajstić information content (AvgIpc) is 2.46. The molecule has 0 aromatic carbocycles. The second-order valence-corrected chi connectivity index (χ2v) is 7.29. The van der Waals surface area contributed by atoms with E-state index in [2.05, 4.69) is 10.3 Å². The summed E-state index contributed by atoms with van der Waals surface area (Å²) >= 11 is 0. The van der Waals surface area contributed by atoms with E-state index in [1.807, 2.05) is 19.1 Å². The third-order valence-electron chi connectivity index (χ3n) is 3.70. The molecule has 1 unspecified atom stereocenters. The Hall–Kier alpha value is -0.980. The second kappa shape index (κ2) is 7.15. The normalized spacial score (nSPS) is 20.2. The van der Waals surface area contributed by atoms with Crippen molar-refractivity contribution in [1.29, 1.82) is 0 Å². The molecular formula is C14H23N3O2S. The molecule has 0 spiro atoms. The van der Waals surface area contributed by atoms with Gasteiger partial charge in [0.05, 0.1) is 5.75 Å². The molecule has 0 saturated carbocycles. The van der Waals surface area contributed by atoms with Gasteiger partial charge in [-0.1, -0.05) is 6.92 Å². The standard InChI is InChI=1S/C14H23N3O2S/c1-2-17(11-13-5-8-15-9-6-13)20(18,19)12-14-4-3-7-16-10-14/h5-6,8-9,14,16H,2-4,7,10-12H2,1H3. The van der Waals surface area contributed by atoms with Gasteiger partial charge in [0, 0.05) is 25.5 Å². The van der Waals surface area contributed by atoms with Crippen molar-refractivity contribution in [3.05, 3.63) is 30.1 Å². The number of nitrogens with zero attached hydrogens (tertiary/aromatic N) is 2. The van der Waals surface area contributed by atoms with Crippen molar-refractivity contribution in [1.82, 2.24) is 14.6 Å². The van der Waals surface area contributed by atoms with Crippen molar-refractivity contribution in [3.63, 3.8) is 0 Å². The monoisotopic (exact) mass is 297 g/mol. The molecule has 2 heterocycles. The molecule has 1 aliphatic rings. The van der Waals surface area contributed by atoms with Gasteiger partial charge >= 0.3 is 0 Å². The lowest BCUT2D eigenvalue weighted by atomic mass is 10.0. The summed E-state index contributed by atoms with van der Waals surface area (Å²) in [4.78, 5) is 3.96. The van der Waals surface area contributed by atoms with E-state index in [1.165, 1.54) is 0 Å². The number of piperidine rings is 1. The van der Waals surface area contributed by atoms with Gasteiger partial charge in [-0.3, -0.25) is 4.98 Å². The van der Waals surface area contributed by atoms with Crippen LogP contribution in [0.5, 0.6) is 0 Å². The maximum absolute atomic E-state index is 12.5. The van der Waals surface area contributed by atoms with Crippen molar-refractivity contribution in [2.45, 2.75) is 26.3 Å². The van der Waals surface area contributed by atoms with Crippen LogP contribution in [0.3, 0.4) is 0 Å². The van der Waals surface area contributed by atoms with Crippen LogP contribution in [0.4, 0.5) is 0 Å². The van der Waals surface area contributed by atoms with Gasteiger partial charge in [0.15, 0.2) is 0 Å². The van der Waals surface area contributed by atoms with Gasteiger partial charge < -0.3 is 5.32 Å². The summed E-state index contributed by atoms with van der Waals surface area (Å²) in [5.41, 5.74) is 0.979. The van der Waals surface area contributed by atoms with Crippen LogP contribution >= 0.6 is 0 Å². The second-order valence-electron chi connectivity index (χ2n) is 5.27. The van der Waals surface area contributed by atoms with Crippen molar-refractivity contribution < 1.29 is 8.42 Å². The van der Waals surface area contributed by atoms with Crippen LogP contribution in [0, 0.1) is 5.92 Å². The van der Waals surface area contributed by atoms with Crippen LogP contribution < -0.4 is 5.32 Å². The smallest absolute Gasteiger partial charge is 0.214 e. The molecule has 1 N–H and O–H groups in total. The molecule has 1 saturated heterocycles. The van der Waals surface area contributed by atoms with Gasteiger partial charge in [0.2, 0.25) is 10.0 Å². The Morgan fingerprint density at radius 1 is 1.40 bits per heavy atom. The third-order valence-corrected chi connectivity index (χ3v) is 5.77. The first-order chi connectivity index (χ1) is 9.62. The first kappa shape index (κ1) is 15.4. The number of hydrogen-bond acceptors (Lipinski definition) is 4. The number of nitrogens with one attached hydrogen (secondary N) is 1. The predicted molar refractivity (Wildman–Crippen MR) is 79.7 cm³/mol. The third kappa shape index (κ3) is 4.26. The first-order valence-corrected chi connectivity index (χ1v) is 8.80. The van der Waals surface area contributed by atoms with Crippen LogP contribution in [-0.2, 0) is 16.6 Å². The summed E-state index contributed by atoms with van der Waals surface area (Å²) in [6.07, 6.45) is 5.46. The van der Waals surface area contributed by atoms with Gasteiger partial charge in [0.1, 0.15) is 0 Å². The maximum atomic E-state index is 12.5. The Bertz CT molecular complexity index is 498. The molecule has 0 amide bonds. The SMILES string of the molecule is CCN(Cc1ccncc1)S(=O)(=O)CC1CCCNC1. The van der Waals surface area contributed by atoms with Crippen LogP contribution in [0.1, 0.15) is 25.3 Å². The van der Waals surface area contributed by atoms with Crippen LogP contribution in [0.2, 0.25) is 0 Å². The molecule has 0 aliphatic carbocycles. The largest absolute Gasteiger partial charge is 0.316 e. The van der Waals surface area contributed by atoms with E-state index in [9.17, 15) is 8.42 Å². The lowest BCUT2D eigenvalue weighted by molar-refractivity contribution is 0.380. The average molecular weight is 297 g/mol. The minimum absolute atomic E-state index is 0.236. The quantitative estimate of drug-likeness (QED) is 0.858. The molecule has 1 fully saturated rings. The lowest BCUT2D eigenvalue weighted by Crippen LogP contribution is -2.39. The fraction of sp³-hybridized carbons (Fsp3) is 0.643. The van der Waals surface area contributed by atoms with Crippen molar-refractivity contribution in [2.75, 3.05) is 25.4 Å². The summed E-state index contributed by atoms with van der Waals surface area (Å²) < 4.78 is 26.6. The molecule has 0 bridgehead atoms. The molecule has 112 valence electrons. The van der Waals surface area contributed by atoms with Crippen molar-refractivity contribution >= 4 is 10.0 Å². The van der Waals surface area contributed by atoms with Crippen LogP contribution in [-0.4, -0.2) is 43.1 Å². The Labute approximate surface area is 121 Å². The zero-order chi connectivity index (χ0) is 14.4. The fourth-order valence-corrected chi connectivity index (χ4v) is 4.40. The predicted octanol–water partition coefficient (Wildman–Crippen LogP) is 1.23. The Morgan fingerprint density at radius 3 is 2.75 bits per heavy atom. The number of pyridine rings is 1. The molecule has 1 atom stereocenters. The van der Waals surface area contributed by atoms with Gasteiger partial charge in [-0.2, -0.15) is 4.31 Å². The number of rotatable bonds is 6. The zero-order valence-electron chi connectivity index (χ0n) is 12.0. The van der Waals surface area contributed by atoms with E-state index in [0.717, 1.165) is 31.5 Å². The molecule has 2 rings (SSSR count). The van der Waals surface area contributed by atoms with Gasteiger partial charge in [-0.05, 0) is 49.5 Å².